The summed E-state index contributed by atoms with van der Waals surface area (Å²) in [7, 11) is 0. The summed E-state index contributed by atoms with van der Waals surface area (Å²) >= 11 is 0. The molecule has 0 saturated heterocycles. The molecule has 4 nitrogen and oxygen atoms in total. The number of rotatable bonds is 5. The normalized spacial score (nSPS) is 22.1. The number of nitrogens with zero attached hydrogens (tertiary/aromatic N) is 3. The molecule has 2 bridgehead atoms. The van der Waals surface area contributed by atoms with Gasteiger partial charge in [0.25, 0.3) is 0 Å². The predicted molar refractivity (Wildman–Crippen MR) is 285 cm³/mol. The molecule has 67 heavy (non-hydrogen) atoms. The molecule has 4 heteroatoms. The largest absolute Gasteiger partial charge is 0.308 e. The smallest absolute Gasteiger partial charge is 0.169 e. The van der Waals surface area contributed by atoms with Gasteiger partial charge in [0.2, 0.25) is 0 Å². The van der Waals surface area contributed by atoms with Gasteiger partial charge in [0.05, 0.1) is 45.0 Å². The van der Waals surface area contributed by atoms with Crippen LogP contribution < -0.4 is 0 Å². The Hall–Kier alpha value is -5.22. The first-order valence-electron chi connectivity index (χ1n) is 26.1. The Bertz CT molecular complexity index is 3800. The van der Waals surface area contributed by atoms with Crippen molar-refractivity contribution in [3.63, 3.8) is 0 Å². The molecule has 10 aromatic rings. The molecule has 14 rings (SSSR count). The molecule has 342 valence electrons. The standard InChI is InChI=1S/C63H69N3O/c1-14-62(15-2,16-3)37-27-43-39-29-46-45(57(67)61(13)21-23-63(46,24-22-61)34(4)5)32-49(39)65-47-30-40-42-26-35-25-36(58(6,7)8)17-18-38(35)51-52-50(33-64-56-53(52)59(9,10)19-20-60(56,11)12)66(55(42)51)48(40)31-41(47)44(28-37)54(43)65/h17-18,25-34H,14-16,19-24H2,1-13H3. The van der Waals surface area contributed by atoms with Crippen molar-refractivity contribution in [1.82, 2.24) is 13.8 Å². The van der Waals surface area contributed by atoms with Crippen LogP contribution in [-0.4, -0.2) is 19.6 Å². The second-order valence-corrected chi connectivity index (χ2v) is 25.3. The van der Waals surface area contributed by atoms with Gasteiger partial charge in [-0.3, -0.25) is 9.78 Å². The average molecular weight is 884 g/mol. The van der Waals surface area contributed by atoms with Crippen molar-refractivity contribution in [3.05, 3.63) is 100 Å². The van der Waals surface area contributed by atoms with E-state index in [0.29, 0.717) is 11.7 Å². The lowest BCUT2D eigenvalue weighted by molar-refractivity contribution is 0.0688. The maximum absolute atomic E-state index is 15.0. The monoisotopic (exact) mass is 884 g/mol. The summed E-state index contributed by atoms with van der Waals surface area (Å²) in [5.74, 6) is 0.812. The van der Waals surface area contributed by atoms with E-state index in [1.54, 1.807) is 0 Å². The van der Waals surface area contributed by atoms with Gasteiger partial charge in [-0.15, -0.1) is 0 Å². The fourth-order valence-corrected chi connectivity index (χ4v) is 15.1. The molecule has 0 aliphatic heterocycles. The van der Waals surface area contributed by atoms with Crippen molar-refractivity contribution in [2.24, 2.45) is 11.3 Å². The zero-order chi connectivity index (χ0) is 46.9. The Balaban J connectivity index is 1.24. The van der Waals surface area contributed by atoms with Crippen LogP contribution in [0, 0.1) is 11.3 Å². The van der Waals surface area contributed by atoms with Crippen molar-refractivity contribution < 1.29 is 4.79 Å². The Morgan fingerprint density at radius 2 is 1.18 bits per heavy atom. The second-order valence-electron chi connectivity index (χ2n) is 25.3. The molecule has 5 heterocycles. The van der Waals surface area contributed by atoms with Crippen LogP contribution in [0.1, 0.15) is 186 Å². The topological polar surface area (TPSA) is 38.8 Å². The lowest BCUT2D eigenvalue weighted by atomic mass is 9.60. The first-order chi connectivity index (χ1) is 31.7. The summed E-state index contributed by atoms with van der Waals surface area (Å²) in [5, 5.41) is 13.3. The molecule has 5 aromatic carbocycles. The van der Waals surface area contributed by atoms with Crippen LogP contribution in [-0.2, 0) is 27.1 Å². The summed E-state index contributed by atoms with van der Waals surface area (Å²) in [6.07, 6.45) is 11.9. The third-order valence-electron chi connectivity index (χ3n) is 19.9. The van der Waals surface area contributed by atoms with E-state index in [4.69, 9.17) is 4.98 Å². The van der Waals surface area contributed by atoms with Gasteiger partial charge in [0.15, 0.2) is 5.78 Å². The van der Waals surface area contributed by atoms with E-state index >= 15 is 4.79 Å². The average Bonchev–Trinajstić information content (AvgIpc) is 3.99. The van der Waals surface area contributed by atoms with Gasteiger partial charge in [-0.05, 0) is 161 Å². The minimum absolute atomic E-state index is 0.00387. The maximum atomic E-state index is 15.0. The SMILES string of the molecule is CCC(CC)(CC)c1cc2c3cc4c(cc3n3c5cc6c7cc8cc(C(C)(C)C)ccc8c8c9c%10c(ncc9n(c6cc5c(c1)c23)c78)C(C)(C)CCC%10(C)C)C(=O)C1(C)CCC4(C(C)C)CC1. The number of Topliss-reactive ketones (excluding diaryl/α,β-unsaturated/α-hetero) is 1. The molecule has 0 N–H and O–H groups in total. The molecular formula is C63H69N3O. The summed E-state index contributed by atoms with van der Waals surface area (Å²) in [5.41, 5.74) is 15.1. The van der Waals surface area contributed by atoms with Crippen LogP contribution >= 0.6 is 0 Å². The molecule has 4 aliphatic rings. The number of ketones is 1. The molecule has 0 atom stereocenters. The molecule has 0 radical (unpaired) electrons. The Morgan fingerprint density at radius 1 is 0.597 bits per heavy atom. The first kappa shape index (κ1) is 41.9. The maximum Gasteiger partial charge on any atom is 0.169 e. The number of hydrogen-bond acceptors (Lipinski definition) is 2. The number of hydrogen-bond donors (Lipinski definition) is 0. The number of aromatic nitrogens is 3. The van der Waals surface area contributed by atoms with Crippen LogP contribution in [0.3, 0.4) is 0 Å². The molecule has 0 spiro atoms. The summed E-state index contributed by atoms with van der Waals surface area (Å²) in [6.45, 7) is 31.0. The van der Waals surface area contributed by atoms with Gasteiger partial charge < -0.3 is 8.80 Å². The van der Waals surface area contributed by atoms with Gasteiger partial charge in [-0.25, -0.2) is 0 Å². The van der Waals surface area contributed by atoms with E-state index in [1.807, 2.05) is 0 Å². The van der Waals surface area contributed by atoms with Crippen LogP contribution in [0.2, 0.25) is 0 Å². The quantitative estimate of drug-likeness (QED) is 0.173. The van der Waals surface area contributed by atoms with E-state index in [1.165, 1.54) is 115 Å². The Morgan fingerprint density at radius 3 is 1.79 bits per heavy atom. The minimum Gasteiger partial charge on any atom is -0.308 e. The van der Waals surface area contributed by atoms with Gasteiger partial charge >= 0.3 is 0 Å². The molecule has 4 aliphatic carbocycles. The first-order valence-corrected chi connectivity index (χ1v) is 26.1. The number of pyridine rings is 1. The number of carbonyl (C=O) groups excluding carboxylic acids is 1. The van der Waals surface area contributed by atoms with Gasteiger partial charge in [0.1, 0.15) is 0 Å². The minimum atomic E-state index is -0.308. The van der Waals surface area contributed by atoms with Crippen molar-refractivity contribution >= 4 is 92.7 Å². The zero-order valence-corrected chi connectivity index (χ0v) is 42.5. The Kier molecular flexibility index (Phi) is 8.07. The van der Waals surface area contributed by atoms with E-state index < -0.39 is 0 Å². The third-order valence-corrected chi connectivity index (χ3v) is 19.9. The molecule has 0 unspecified atom stereocenters. The lowest BCUT2D eigenvalue weighted by Crippen LogP contribution is -2.38. The van der Waals surface area contributed by atoms with Gasteiger partial charge in [0, 0.05) is 59.5 Å². The molecule has 0 amide bonds. The Labute approximate surface area is 396 Å². The highest BCUT2D eigenvalue weighted by Gasteiger charge is 2.52. The van der Waals surface area contributed by atoms with Crippen LogP contribution in [0.5, 0.6) is 0 Å². The van der Waals surface area contributed by atoms with Crippen LogP contribution in [0.25, 0.3) is 87.0 Å². The van der Waals surface area contributed by atoms with Crippen molar-refractivity contribution in [2.75, 3.05) is 0 Å². The summed E-state index contributed by atoms with van der Waals surface area (Å²) in [4.78, 5) is 20.5. The van der Waals surface area contributed by atoms with Crippen LogP contribution in [0.4, 0.5) is 0 Å². The third kappa shape index (κ3) is 5.01. The molecule has 1 saturated carbocycles. The number of benzene rings is 5. The van der Waals surface area contributed by atoms with Crippen molar-refractivity contribution in [3.8, 4) is 0 Å². The molecule has 1 fully saturated rings. The summed E-state index contributed by atoms with van der Waals surface area (Å²) in [6, 6.07) is 24.9. The zero-order valence-electron chi connectivity index (χ0n) is 42.5. The van der Waals surface area contributed by atoms with Crippen molar-refractivity contribution in [2.45, 2.75) is 175 Å². The molecular weight excluding hydrogens is 815 g/mol. The fourth-order valence-electron chi connectivity index (χ4n) is 15.1. The van der Waals surface area contributed by atoms with Crippen molar-refractivity contribution in [1.29, 1.82) is 0 Å². The van der Waals surface area contributed by atoms with Gasteiger partial charge in [-0.1, -0.05) is 108 Å². The fraction of sp³-hybridized carbons (Fsp3) is 0.460. The van der Waals surface area contributed by atoms with Crippen LogP contribution in [0.15, 0.2) is 66.9 Å². The highest BCUT2D eigenvalue weighted by molar-refractivity contribution is 6.34. The van der Waals surface area contributed by atoms with Gasteiger partial charge in [-0.2, -0.15) is 0 Å². The van der Waals surface area contributed by atoms with E-state index in [-0.39, 0.29) is 32.5 Å². The predicted octanol–water partition coefficient (Wildman–Crippen LogP) is 17.3. The molecule has 5 aromatic heterocycles. The second kappa shape index (κ2) is 12.9. The highest BCUT2D eigenvalue weighted by atomic mass is 16.1. The highest BCUT2D eigenvalue weighted by Crippen LogP contribution is 2.58. The van der Waals surface area contributed by atoms with E-state index in [0.717, 1.165) is 63.4 Å². The van der Waals surface area contributed by atoms with E-state index in [9.17, 15) is 0 Å². The number of carbonyl (C=O) groups is 1. The van der Waals surface area contributed by atoms with E-state index in [2.05, 4.69) is 166 Å². The lowest BCUT2D eigenvalue weighted by Gasteiger charge is -2.44. The summed E-state index contributed by atoms with van der Waals surface area (Å²) < 4.78 is 5.19. The number of fused-ring (bicyclic) bond motifs is 18.